The smallest absolute Gasteiger partial charge is 0.306 e. The number of rotatable bonds is 20. The summed E-state index contributed by atoms with van der Waals surface area (Å²) < 4.78 is 10.5. The van der Waals surface area contributed by atoms with Gasteiger partial charge in [-0.3, -0.25) is 4.79 Å². The highest BCUT2D eigenvalue weighted by Gasteiger charge is 2.41. The van der Waals surface area contributed by atoms with Crippen molar-refractivity contribution in [1.82, 2.24) is 0 Å². The van der Waals surface area contributed by atoms with E-state index in [0.29, 0.717) is 6.42 Å². The molecule has 31 heavy (non-hydrogen) atoms. The van der Waals surface area contributed by atoms with Gasteiger partial charge in [0.25, 0.3) is 0 Å². The Morgan fingerprint density at radius 1 is 0.839 bits per heavy atom. The van der Waals surface area contributed by atoms with Crippen LogP contribution in [-0.2, 0) is 14.3 Å². The number of hydrogen-bond acceptors (Lipinski definition) is 6. The van der Waals surface area contributed by atoms with Crippen LogP contribution in [0.25, 0.3) is 0 Å². The Balaban J connectivity index is 1.88. The van der Waals surface area contributed by atoms with E-state index in [1.165, 1.54) is 83.5 Å². The minimum absolute atomic E-state index is 0.0149. The molecule has 6 heteroatoms. The number of esters is 1. The van der Waals surface area contributed by atoms with Crippen LogP contribution >= 0.6 is 0 Å². The maximum atomic E-state index is 12.0. The molecule has 0 bridgehead atoms. The van der Waals surface area contributed by atoms with Gasteiger partial charge in [-0.15, -0.1) is 0 Å². The number of hydrogen-bond donors (Lipinski definition) is 3. The van der Waals surface area contributed by atoms with Gasteiger partial charge in [0, 0.05) is 6.42 Å². The fraction of sp³-hybridized carbons (Fsp3) is 0.960. The molecule has 0 saturated carbocycles. The zero-order chi connectivity index (χ0) is 22.7. The first-order chi connectivity index (χ1) is 15.1. The maximum Gasteiger partial charge on any atom is 0.306 e. The summed E-state index contributed by atoms with van der Waals surface area (Å²) in [6.45, 7) is 1.82. The molecule has 1 saturated heterocycles. The lowest BCUT2D eigenvalue weighted by molar-refractivity contribution is -0.162. The quantitative estimate of drug-likeness (QED) is 0.187. The van der Waals surface area contributed by atoms with Crippen LogP contribution in [-0.4, -0.2) is 58.9 Å². The zero-order valence-corrected chi connectivity index (χ0v) is 19.8. The molecule has 2 unspecified atom stereocenters. The van der Waals surface area contributed by atoms with E-state index in [1.807, 2.05) is 0 Å². The highest BCUT2D eigenvalue weighted by molar-refractivity contribution is 5.69. The van der Waals surface area contributed by atoms with E-state index in [-0.39, 0.29) is 12.6 Å². The molecule has 1 rings (SSSR count). The lowest BCUT2D eigenvalue weighted by Crippen LogP contribution is -2.43. The topological polar surface area (TPSA) is 96.2 Å². The third kappa shape index (κ3) is 13.5. The summed E-state index contributed by atoms with van der Waals surface area (Å²) in [5.74, 6) is -0.387. The lowest BCUT2D eigenvalue weighted by atomic mass is 10.0. The predicted octanol–water partition coefficient (Wildman–Crippen LogP) is 4.66. The minimum Gasteiger partial charge on any atom is -0.457 e. The van der Waals surface area contributed by atoms with Gasteiger partial charge >= 0.3 is 5.97 Å². The molecule has 0 spiro atoms. The molecule has 1 aliphatic rings. The number of aliphatic hydroxyl groups is 3. The summed E-state index contributed by atoms with van der Waals surface area (Å²) >= 11 is 0. The van der Waals surface area contributed by atoms with Gasteiger partial charge in [0.05, 0.1) is 13.2 Å². The van der Waals surface area contributed by atoms with Crippen LogP contribution in [0.15, 0.2) is 0 Å². The van der Waals surface area contributed by atoms with Gasteiger partial charge in [-0.2, -0.15) is 0 Å². The summed E-state index contributed by atoms with van der Waals surface area (Å²) in [6, 6.07) is 0. The Morgan fingerprint density at radius 2 is 1.29 bits per heavy atom. The van der Waals surface area contributed by atoms with Gasteiger partial charge in [-0.1, -0.05) is 103 Å². The predicted molar refractivity (Wildman–Crippen MR) is 123 cm³/mol. The zero-order valence-electron chi connectivity index (χ0n) is 19.8. The first-order valence-corrected chi connectivity index (χ1v) is 12.9. The van der Waals surface area contributed by atoms with E-state index >= 15 is 0 Å². The third-order valence-corrected chi connectivity index (χ3v) is 6.25. The molecule has 3 N–H and O–H groups in total. The second-order valence-corrected chi connectivity index (χ2v) is 9.12. The van der Waals surface area contributed by atoms with Gasteiger partial charge in [0.1, 0.15) is 18.3 Å². The fourth-order valence-corrected chi connectivity index (χ4v) is 4.21. The van der Waals surface area contributed by atoms with Crippen LogP contribution in [0.2, 0.25) is 0 Å². The summed E-state index contributed by atoms with van der Waals surface area (Å²) in [7, 11) is 0. The summed E-state index contributed by atoms with van der Waals surface area (Å²) in [4.78, 5) is 12.0. The SMILES string of the molecule is CCCCCCCCCCCCCCCCCCC(=O)OC(CO)C1OC[C@@H](O)[C@H]1O. The van der Waals surface area contributed by atoms with E-state index < -0.39 is 31.0 Å². The van der Waals surface area contributed by atoms with E-state index in [0.717, 1.165) is 19.3 Å². The standard InChI is InChI=1S/C25H48O6/c1-2-3-4-5-6-7-8-9-10-11-12-13-14-15-16-17-18-23(28)31-22(19-26)25-24(29)21(27)20-30-25/h21-22,24-27,29H,2-20H2,1H3/t21-,22?,24-,25?/m1/s1. The van der Waals surface area contributed by atoms with Gasteiger partial charge < -0.3 is 24.8 Å². The first-order valence-electron chi connectivity index (χ1n) is 12.9. The maximum absolute atomic E-state index is 12.0. The van der Waals surface area contributed by atoms with Crippen molar-refractivity contribution in [3.05, 3.63) is 0 Å². The minimum atomic E-state index is -1.14. The molecule has 184 valence electrons. The van der Waals surface area contributed by atoms with Crippen molar-refractivity contribution < 1.29 is 29.6 Å². The number of aliphatic hydroxyl groups excluding tert-OH is 3. The Hall–Kier alpha value is -0.690. The van der Waals surface area contributed by atoms with Crippen molar-refractivity contribution >= 4 is 5.97 Å². The van der Waals surface area contributed by atoms with Crippen LogP contribution in [0.3, 0.4) is 0 Å². The number of unbranched alkanes of at least 4 members (excludes halogenated alkanes) is 15. The Bertz CT molecular complexity index is 430. The van der Waals surface area contributed by atoms with Crippen molar-refractivity contribution in [3.8, 4) is 0 Å². The van der Waals surface area contributed by atoms with Crippen molar-refractivity contribution in [1.29, 1.82) is 0 Å². The average molecular weight is 445 g/mol. The van der Waals surface area contributed by atoms with Crippen molar-refractivity contribution in [2.24, 2.45) is 0 Å². The third-order valence-electron chi connectivity index (χ3n) is 6.25. The number of ether oxygens (including phenoxy) is 2. The monoisotopic (exact) mass is 444 g/mol. The molecule has 0 amide bonds. The summed E-state index contributed by atoms with van der Waals surface area (Å²) in [5.41, 5.74) is 0. The fourth-order valence-electron chi connectivity index (χ4n) is 4.21. The highest BCUT2D eigenvalue weighted by atomic mass is 16.6. The Morgan fingerprint density at radius 3 is 1.68 bits per heavy atom. The molecule has 6 nitrogen and oxygen atoms in total. The molecule has 0 radical (unpaired) electrons. The largest absolute Gasteiger partial charge is 0.457 e. The van der Waals surface area contributed by atoms with Crippen LogP contribution < -0.4 is 0 Å². The molecule has 0 aliphatic carbocycles. The number of carbonyl (C=O) groups is 1. The molecule has 0 aromatic carbocycles. The van der Waals surface area contributed by atoms with E-state index in [2.05, 4.69) is 6.92 Å². The van der Waals surface area contributed by atoms with Crippen molar-refractivity contribution in [3.63, 3.8) is 0 Å². The van der Waals surface area contributed by atoms with Gasteiger partial charge in [-0.05, 0) is 6.42 Å². The van der Waals surface area contributed by atoms with Gasteiger partial charge in [0.15, 0.2) is 6.10 Å². The normalized spacial score (nSPS) is 22.0. The van der Waals surface area contributed by atoms with Crippen LogP contribution in [0.5, 0.6) is 0 Å². The Kier molecular flexibility index (Phi) is 17.2. The Labute approximate surface area is 189 Å². The van der Waals surface area contributed by atoms with Gasteiger partial charge in [-0.25, -0.2) is 0 Å². The second-order valence-electron chi connectivity index (χ2n) is 9.12. The average Bonchev–Trinajstić information content (AvgIpc) is 3.10. The molecule has 0 aromatic heterocycles. The molecule has 1 aliphatic heterocycles. The summed E-state index contributed by atoms with van der Waals surface area (Å²) in [6.07, 6.45) is 16.9. The van der Waals surface area contributed by atoms with E-state index in [9.17, 15) is 20.1 Å². The molecular formula is C25H48O6. The highest BCUT2D eigenvalue weighted by Crippen LogP contribution is 2.20. The van der Waals surface area contributed by atoms with E-state index in [1.54, 1.807) is 0 Å². The van der Waals surface area contributed by atoms with Crippen molar-refractivity contribution in [2.45, 2.75) is 140 Å². The second kappa shape index (κ2) is 18.8. The van der Waals surface area contributed by atoms with E-state index in [4.69, 9.17) is 9.47 Å². The molecular weight excluding hydrogens is 396 g/mol. The van der Waals surface area contributed by atoms with Gasteiger partial charge in [0.2, 0.25) is 0 Å². The van der Waals surface area contributed by atoms with Crippen LogP contribution in [0.4, 0.5) is 0 Å². The van der Waals surface area contributed by atoms with Crippen LogP contribution in [0.1, 0.15) is 116 Å². The first kappa shape index (κ1) is 28.3. The summed E-state index contributed by atoms with van der Waals surface area (Å²) in [5, 5.41) is 28.7. The molecule has 0 aromatic rings. The molecule has 1 heterocycles. The molecule has 4 atom stereocenters. The van der Waals surface area contributed by atoms with Crippen LogP contribution in [0, 0.1) is 0 Å². The number of carbonyl (C=O) groups excluding carboxylic acids is 1. The van der Waals surface area contributed by atoms with Crippen molar-refractivity contribution in [2.75, 3.05) is 13.2 Å². The lowest BCUT2D eigenvalue weighted by Gasteiger charge is -2.24. The molecule has 1 fully saturated rings.